The van der Waals surface area contributed by atoms with E-state index in [1.807, 2.05) is 0 Å². The molecule has 2 fully saturated rings. The van der Waals surface area contributed by atoms with Crippen molar-refractivity contribution in [2.24, 2.45) is 0 Å². The molecule has 3 aromatic carbocycles. The van der Waals surface area contributed by atoms with Crippen LogP contribution >= 0.6 is 0 Å². The maximum atomic E-state index is 13.0. The molecule has 0 amide bonds. The second-order valence-electron chi connectivity index (χ2n) is 12.7. The van der Waals surface area contributed by atoms with Gasteiger partial charge in [-0.2, -0.15) is 0 Å². The van der Waals surface area contributed by atoms with Crippen molar-refractivity contribution in [2.75, 3.05) is 7.11 Å². The number of aliphatic carboxylic acids is 2. The summed E-state index contributed by atoms with van der Waals surface area (Å²) >= 11 is 0. The Morgan fingerprint density at radius 2 is 1.37 bits per heavy atom. The van der Waals surface area contributed by atoms with E-state index < -0.39 is 90.5 Å². The van der Waals surface area contributed by atoms with Crippen molar-refractivity contribution in [2.45, 2.75) is 61.4 Å². The van der Waals surface area contributed by atoms with Gasteiger partial charge in [0, 0.05) is 29.8 Å². The molecule has 9 N–H and O–H groups in total. The highest BCUT2D eigenvalue weighted by Gasteiger charge is 2.55. The van der Waals surface area contributed by atoms with Crippen LogP contribution in [0.3, 0.4) is 0 Å². The third kappa shape index (κ3) is 8.46. The predicted octanol–water partition coefficient (Wildman–Crippen LogP) is 0.0372. The van der Waals surface area contributed by atoms with Crippen LogP contribution in [0.5, 0.6) is 28.7 Å². The molecule has 20 nitrogen and oxygen atoms in total. The number of benzene rings is 3. The van der Waals surface area contributed by atoms with Crippen LogP contribution in [0, 0.1) is 0 Å². The Hall–Kier alpha value is -6.26. The molecule has 2 aliphatic heterocycles. The van der Waals surface area contributed by atoms with E-state index in [4.69, 9.17) is 32.8 Å². The Kier molecular flexibility index (Phi) is 11.7. The molecule has 0 spiro atoms. The first-order valence-electron chi connectivity index (χ1n) is 16.7. The lowest BCUT2D eigenvalue weighted by Crippen LogP contribution is -2.66. The van der Waals surface area contributed by atoms with Gasteiger partial charge >= 0.3 is 17.9 Å². The molecule has 0 radical (unpaired) electrons. The average molecular weight is 799 g/mol. The van der Waals surface area contributed by atoms with Crippen LogP contribution in [0.2, 0.25) is 0 Å². The number of carboxylic acids is 2. The van der Waals surface area contributed by atoms with Crippen molar-refractivity contribution in [1.29, 1.82) is 0 Å². The van der Waals surface area contributed by atoms with Crippen LogP contribution in [0.4, 0.5) is 0 Å². The van der Waals surface area contributed by atoms with Crippen molar-refractivity contribution >= 4 is 35.0 Å². The molecule has 20 heteroatoms. The summed E-state index contributed by atoms with van der Waals surface area (Å²) < 4.78 is 38.5. The summed E-state index contributed by atoms with van der Waals surface area (Å²) in [5, 5.41) is 92.8. The van der Waals surface area contributed by atoms with E-state index in [0.717, 1.165) is 24.3 Å². The van der Waals surface area contributed by atoms with Gasteiger partial charge < -0.3 is 78.8 Å². The fourth-order valence-corrected chi connectivity index (χ4v) is 6.06. The third-order valence-corrected chi connectivity index (χ3v) is 8.92. The van der Waals surface area contributed by atoms with E-state index in [1.165, 1.54) is 55.7 Å². The van der Waals surface area contributed by atoms with Gasteiger partial charge in [0.1, 0.15) is 58.4 Å². The normalized spacial score (nSPS) is 27.5. The molecule has 2 aliphatic rings. The Balaban J connectivity index is 1.32. The minimum Gasteiger partial charge on any atom is -0.508 e. The van der Waals surface area contributed by atoms with E-state index in [0.29, 0.717) is 11.1 Å². The second-order valence-corrected chi connectivity index (χ2v) is 12.7. The number of aliphatic hydroxyl groups excluding tert-OH is 4. The lowest BCUT2D eigenvalue weighted by atomic mass is 9.96. The Morgan fingerprint density at radius 1 is 0.737 bits per heavy atom. The largest absolute Gasteiger partial charge is 0.508 e. The molecule has 57 heavy (non-hydrogen) atoms. The summed E-state index contributed by atoms with van der Waals surface area (Å²) in [6, 6.07) is 12.7. The van der Waals surface area contributed by atoms with Gasteiger partial charge in [-0.05, 0) is 48.0 Å². The summed E-state index contributed by atoms with van der Waals surface area (Å²) in [5.74, 6) is -6.04. The summed E-state index contributed by atoms with van der Waals surface area (Å²) in [5.41, 5.74) is -0.258. The molecular formula is C37H34O20. The Labute approximate surface area is 319 Å². The number of phenols is 3. The lowest BCUT2D eigenvalue weighted by Gasteiger charge is -2.45. The van der Waals surface area contributed by atoms with Gasteiger partial charge in [-0.15, -0.1) is 0 Å². The molecule has 0 aliphatic carbocycles. The van der Waals surface area contributed by atoms with Crippen molar-refractivity contribution in [3.63, 3.8) is 0 Å². The molecule has 1 aromatic heterocycles. The van der Waals surface area contributed by atoms with Gasteiger partial charge in [0.25, 0.3) is 0 Å². The minimum atomic E-state index is -2.26. The van der Waals surface area contributed by atoms with E-state index >= 15 is 0 Å². The fraction of sp³-hybridized carbons (Fsp3) is 0.297. The first-order chi connectivity index (χ1) is 27.1. The van der Waals surface area contributed by atoms with E-state index in [9.17, 15) is 65.1 Å². The molecule has 4 aromatic rings. The van der Waals surface area contributed by atoms with Crippen LogP contribution in [-0.4, -0.2) is 132 Å². The number of aromatic hydroxyl groups is 3. The zero-order valence-corrected chi connectivity index (χ0v) is 29.2. The van der Waals surface area contributed by atoms with Crippen LogP contribution in [0.25, 0.3) is 28.4 Å². The average Bonchev–Trinajstić information content (AvgIpc) is 3.16. The van der Waals surface area contributed by atoms with Crippen LogP contribution in [0.1, 0.15) is 5.56 Å². The number of hydrogen-bond donors (Lipinski definition) is 9. The maximum Gasteiger partial charge on any atom is 0.335 e. The fourth-order valence-electron chi connectivity index (χ4n) is 6.06. The first-order valence-corrected chi connectivity index (χ1v) is 16.7. The molecule has 0 unspecified atom stereocenters. The lowest BCUT2D eigenvalue weighted by molar-refractivity contribution is -0.350. The second kappa shape index (κ2) is 16.5. The van der Waals surface area contributed by atoms with Crippen molar-refractivity contribution in [3.8, 4) is 40.1 Å². The number of phenolic OH excluding ortho intramolecular Hbond substituents is 3. The SMILES string of the molecule is COc1cc(/C=C/C(=O)O[C@H]2[C@H](O[C@H]3[C@H](Oc4cc(O)c5c(=O)cc(-c6ccc(O)cc6)oc5c4)O[C@H](C(=O)O)[C@@H](O)[C@@H]3O)O[C@H](C(=O)O)[C@@H](O)[C@@H]2O)ccc1O. The van der Waals surface area contributed by atoms with E-state index in [1.54, 1.807) is 0 Å². The molecule has 3 heterocycles. The number of rotatable bonds is 11. The number of methoxy groups -OCH3 is 1. The van der Waals surface area contributed by atoms with Crippen molar-refractivity contribution < 1.29 is 93.2 Å². The summed E-state index contributed by atoms with van der Waals surface area (Å²) in [6.07, 6.45) is -19.7. The first kappa shape index (κ1) is 40.4. The Bertz CT molecular complexity index is 2230. The smallest absolute Gasteiger partial charge is 0.335 e. The highest BCUT2D eigenvalue weighted by molar-refractivity contribution is 5.88. The molecule has 6 rings (SSSR count). The Morgan fingerprint density at radius 3 is 2.00 bits per heavy atom. The van der Waals surface area contributed by atoms with Crippen molar-refractivity contribution in [3.05, 3.63) is 82.5 Å². The maximum absolute atomic E-state index is 13.0. The number of carbonyl (C=O) groups is 3. The van der Waals surface area contributed by atoms with Gasteiger partial charge in [0.15, 0.2) is 47.6 Å². The topological polar surface area (TPSA) is 319 Å². The zero-order valence-electron chi connectivity index (χ0n) is 29.2. The summed E-state index contributed by atoms with van der Waals surface area (Å²) in [6.45, 7) is 0. The van der Waals surface area contributed by atoms with E-state index in [-0.39, 0.29) is 39.7 Å². The number of aliphatic hydroxyl groups is 4. The molecule has 10 atom stereocenters. The quantitative estimate of drug-likeness (QED) is 0.0714. The molecule has 2 saturated heterocycles. The number of ether oxygens (including phenoxy) is 6. The summed E-state index contributed by atoms with van der Waals surface area (Å²) in [7, 11) is 1.29. The number of fused-ring (bicyclic) bond motifs is 1. The zero-order chi connectivity index (χ0) is 41.3. The number of hydrogen-bond acceptors (Lipinski definition) is 18. The minimum absolute atomic E-state index is 0.00469. The third-order valence-electron chi connectivity index (χ3n) is 8.92. The molecule has 0 bridgehead atoms. The van der Waals surface area contributed by atoms with Crippen molar-refractivity contribution in [1.82, 2.24) is 0 Å². The van der Waals surface area contributed by atoms with Gasteiger partial charge in [0.05, 0.1) is 7.11 Å². The highest BCUT2D eigenvalue weighted by atomic mass is 16.8. The number of esters is 1. The van der Waals surface area contributed by atoms with Gasteiger partial charge in [-0.1, -0.05) is 6.07 Å². The predicted molar refractivity (Wildman–Crippen MR) is 187 cm³/mol. The molecule has 0 saturated carbocycles. The van der Waals surface area contributed by atoms with E-state index in [2.05, 4.69) is 0 Å². The van der Waals surface area contributed by atoms with Crippen LogP contribution in [0.15, 0.2) is 76.0 Å². The molecule has 302 valence electrons. The number of carbonyl (C=O) groups excluding carboxylic acids is 1. The van der Waals surface area contributed by atoms with Gasteiger partial charge in [0.2, 0.25) is 6.29 Å². The monoisotopic (exact) mass is 798 g/mol. The van der Waals surface area contributed by atoms with Gasteiger partial charge in [-0.3, -0.25) is 4.79 Å². The molecular weight excluding hydrogens is 764 g/mol. The van der Waals surface area contributed by atoms with Crippen LogP contribution < -0.4 is 14.9 Å². The highest BCUT2D eigenvalue weighted by Crippen LogP contribution is 2.36. The standard InChI is InChI=1S/C37H34O20/c1-51-22-10-14(2-8-18(22)39)3-9-24(42)54-32-28(45)26(43)31(35(49)50)56-37(32)57-33-29(46)27(44)30(34(47)48)55-36(33)52-17-11-19(40)25-20(41)13-21(53-23(25)12-17)15-4-6-16(38)7-5-15/h2-13,26-33,36-40,43-46H,1H3,(H,47,48)(H,49,50)/b9-3+/t26-,27-,28-,29-,30-,31-,32+,33+,36+,37-/m0/s1. The number of carboxylic acid groups (broad SMARTS) is 2. The van der Waals surface area contributed by atoms with Gasteiger partial charge in [-0.25, -0.2) is 14.4 Å². The summed E-state index contributed by atoms with van der Waals surface area (Å²) in [4.78, 5) is 49.9. The van der Waals surface area contributed by atoms with Crippen LogP contribution in [-0.2, 0) is 33.3 Å².